The minimum atomic E-state index is -0.776. The lowest BCUT2D eigenvalue weighted by Gasteiger charge is -2.26. The Bertz CT molecular complexity index is 1410. The summed E-state index contributed by atoms with van der Waals surface area (Å²) in [5.74, 6) is 0.610. The number of methoxy groups -OCH3 is 3. The van der Waals surface area contributed by atoms with E-state index in [0.717, 1.165) is 22.4 Å². The summed E-state index contributed by atoms with van der Waals surface area (Å²) in [5, 5.41) is 11.7. The van der Waals surface area contributed by atoms with Crippen molar-refractivity contribution in [1.29, 1.82) is 0 Å². The number of nitrogens with zero attached hydrogens (tertiary/aromatic N) is 1. The summed E-state index contributed by atoms with van der Waals surface area (Å²) in [6.45, 7) is 6.20. The lowest BCUT2D eigenvalue weighted by atomic mass is 9.91. The maximum atomic E-state index is 13.5. The van der Waals surface area contributed by atoms with Gasteiger partial charge in [-0.05, 0) is 77.9 Å². The van der Waals surface area contributed by atoms with Crippen molar-refractivity contribution in [2.45, 2.75) is 39.2 Å². The highest BCUT2D eigenvalue weighted by Gasteiger charge is 2.46. The van der Waals surface area contributed by atoms with E-state index in [0.29, 0.717) is 29.0 Å². The van der Waals surface area contributed by atoms with Crippen LogP contribution in [0.5, 0.6) is 17.2 Å². The van der Waals surface area contributed by atoms with Gasteiger partial charge in [-0.3, -0.25) is 9.59 Å². The third-order valence-corrected chi connectivity index (χ3v) is 7.20. The van der Waals surface area contributed by atoms with Crippen LogP contribution < -0.4 is 14.2 Å². The molecule has 1 atom stereocenters. The van der Waals surface area contributed by atoms with Gasteiger partial charge in [0.15, 0.2) is 0 Å². The van der Waals surface area contributed by atoms with Gasteiger partial charge in [0.1, 0.15) is 23.0 Å². The topological polar surface area (TPSA) is 85.3 Å². The molecule has 0 saturated carbocycles. The van der Waals surface area contributed by atoms with Gasteiger partial charge in [0.2, 0.25) is 0 Å². The number of aliphatic hydroxyl groups is 1. The fraction of sp³-hybridized carbons (Fsp3) is 0.312. The Morgan fingerprint density at radius 1 is 0.923 bits per heavy atom. The predicted octanol–water partition coefficient (Wildman–Crippen LogP) is 5.81. The number of carbonyl (C=O) groups excluding carboxylic acids is 2. The van der Waals surface area contributed by atoms with Crippen LogP contribution in [0.25, 0.3) is 5.76 Å². The van der Waals surface area contributed by atoms with Crippen molar-refractivity contribution in [2.75, 3.05) is 27.9 Å². The van der Waals surface area contributed by atoms with E-state index in [1.807, 2.05) is 69.3 Å². The number of carbonyl (C=O) groups is 2. The van der Waals surface area contributed by atoms with Crippen LogP contribution in [0.2, 0.25) is 0 Å². The first-order valence-corrected chi connectivity index (χ1v) is 12.9. The minimum absolute atomic E-state index is 0.0611. The molecule has 1 heterocycles. The van der Waals surface area contributed by atoms with E-state index >= 15 is 0 Å². The molecule has 0 spiro atoms. The van der Waals surface area contributed by atoms with E-state index in [4.69, 9.17) is 14.2 Å². The van der Waals surface area contributed by atoms with Gasteiger partial charge in [0.25, 0.3) is 11.7 Å². The molecule has 0 bridgehead atoms. The second-order valence-electron chi connectivity index (χ2n) is 9.93. The summed E-state index contributed by atoms with van der Waals surface area (Å²) < 4.78 is 16.2. The number of ketones is 1. The summed E-state index contributed by atoms with van der Waals surface area (Å²) in [5.41, 5.74) is 3.88. The number of hydrogen-bond acceptors (Lipinski definition) is 6. The van der Waals surface area contributed by atoms with E-state index in [9.17, 15) is 14.7 Å². The Kier molecular flexibility index (Phi) is 8.29. The number of ether oxygens (including phenoxy) is 3. The number of likely N-dealkylation sites (tertiary alicyclic amines) is 1. The number of aliphatic hydroxyl groups excluding tert-OH is 1. The van der Waals surface area contributed by atoms with Gasteiger partial charge in [-0.1, -0.05) is 38.1 Å². The van der Waals surface area contributed by atoms with Crippen molar-refractivity contribution in [3.05, 3.63) is 94.1 Å². The molecule has 1 amide bonds. The first-order chi connectivity index (χ1) is 18.7. The van der Waals surface area contributed by atoms with Gasteiger partial charge < -0.3 is 24.2 Å². The average molecular weight is 530 g/mol. The standard InChI is InChI=1S/C32H35NO6/c1-19(2)25-18-26(20(3)16-27(25)39-6)30(34)28-29(22-8-7-9-24(17-22)38-5)33(32(36)31(28)35)15-14-21-10-12-23(37-4)13-11-21/h7-13,16-19,29,34H,14-15H2,1-6H3/b30-28+. The van der Waals surface area contributed by atoms with Crippen LogP contribution in [-0.4, -0.2) is 49.6 Å². The van der Waals surface area contributed by atoms with Gasteiger partial charge in [-0.25, -0.2) is 0 Å². The molecule has 3 aromatic carbocycles. The van der Waals surface area contributed by atoms with Crippen molar-refractivity contribution in [2.24, 2.45) is 0 Å². The van der Waals surface area contributed by atoms with Crippen molar-refractivity contribution in [1.82, 2.24) is 4.90 Å². The van der Waals surface area contributed by atoms with E-state index in [1.165, 1.54) is 4.90 Å². The molecular formula is C32H35NO6. The summed E-state index contributed by atoms with van der Waals surface area (Å²) in [4.78, 5) is 28.5. The van der Waals surface area contributed by atoms with Gasteiger partial charge in [0, 0.05) is 12.1 Å². The van der Waals surface area contributed by atoms with Gasteiger partial charge in [0.05, 0.1) is 32.9 Å². The molecule has 0 aromatic heterocycles. The van der Waals surface area contributed by atoms with Crippen molar-refractivity contribution < 1.29 is 28.9 Å². The average Bonchev–Trinajstić information content (AvgIpc) is 3.20. The third-order valence-electron chi connectivity index (χ3n) is 7.20. The second-order valence-corrected chi connectivity index (χ2v) is 9.93. The molecule has 7 nitrogen and oxygen atoms in total. The molecule has 1 fully saturated rings. The van der Waals surface area contributed by atoms with E-state index in [2.05, 4.69) is 0 Å². The Balaban J connectivity index is 1.83. The van der Waals surface area contributed by atoms with Gasteiger partial charge in [-0.15, -0.1) is 0 Å². The zero-order valence-corrected chi connectivity index (χ0v) is 23.3. The molecule has 0 aliphatic carbocycles. The summed E-state index contributed by atoms with van der Waals surface area (Å²) in [7, 11) is 4.78. The molecule has 1 N–H and O–H groups in total. The number of rotatable bonds is 9. The maximum Gasteiger partial charge on any atom is 0.295 e. The highest BCUT2D eigenvalue weighted by molar-refractivity contribution is 6.46. The van der Waals surface area contributed by atoms with Crippen LogP contribution >= 0.6 is 0 Å². The summed E-state index contributed by atoms with van der Waals surface area (Å²) in [6, 6.07) is 17.8. The van der Waals surface area contributed by atoms with E-state index < -0.39 is 17.7 Å². The smallest absolute Gasteiger partial charge is 0.295 e. The molecule has 4 rings (SSSR count). The minimum Gasteiger partial charge on any atom is -0.507 e. The number of amides is 1. The Labute approximate surface area is 229 Å². The highest BCUT2D eigenvalue weighted by Crippen LogP contribution is 2.42. The van der Waals surface area contributed by atoms with E-state index in [1.54, 1.807) is 33.5 Å². The molecule has 204 valence electrons. The number of hydrogen-bond donors (Lipinski definition) is 1. The van der Waals surface area contributed by atoms with Crippen LogP contribution in [0.3, 0.4) is 0 Å². The third kappa shape index (κ3) is 5.48. The first kappa shape index (κ1) is 27.8. The van der Waals surface area contributed by atoms with Crippen molar-refractivity contribution in [3.63, 3.8) is 0 Å². The summed E-state index contributed by atoms with van der Waals surface area (Å²) in [6.07, 6.45) is 0.524. The molecule has 39 heavy (non-hydrogen) atoms. The van der Waals surface area contributed by atoms with E-state index in [-0.39, 0.29) is 23.8 Å². The highest BCUT2D eigenvalue weighted by atomic mass is 16.5. The lowest BCUT2D eigenvalue weighted by molar-refractivity contribution is -0.139. The Morgan fingerprint density at radius 3 is 2.23 bits per heavy atom. The van der Waals surface area contributed by atoms with Crippen molar-refractivity contribution >= 4 is 17.4 Å². The Hall–Kier alpha value is -4.26. The van der Waals surface area contributed by atoms with Crippen LogP contribution in [0.4, 0.5) is 0 Å². The zero-order valence-electron chi connectivity index (χ0n) is 23.3. The lowest BCUT2D eigenvalue weighted by Crippen LogP contribution is -2.31. The number of Topliss-reactive ketones (excluding diaryl/α,β-unsaturated/α-hetero) is 1. The normalized spacial score (nSPS) is 16.6. The van der Waals surface area contributed by atoms with Gasteiger partial charge >= 0.3 is 0 Å². The fourth-order valence-corrected chi connectivity index (χ4v) is 5.04. The van der Waals surface area contributed by atoms with Crippen LogP contribution in [0.15, 0.2) is 66.2 Å². The number of benzene rings is 3. The van der Waals surface area contributed by atoms with Crippen LogP contribution in [0.1, 0.15) is 53.6 Å². The fourth-order valence-electron chi connectivity index (χ4n) is 5.04. The molecular weight excluding hydrogens is 494 g/mol. The summed E-state index contributed by atoms with van der Waals surface area (Å²) >= 11 is 0. The molecule has 3 aromatic rings. The van der Waals surface area contributed by atoms with Crippen molar-refractivity contribution in [3.8, 4) is 17.2 Å². The maximum absolute atomic E-state index is 13.5. The monoisotopic (exact) mass is 529 g/mol. The van der Waals surface area contributed by atoms with Gasteiger partial charge in [-0.2, -0.15) is 0 Å². The largest absolute Gasteiger partial charge is 0.507 e. The predicted molar refractivity (Wildman–Crippen MR) is 151 cm³/mol. The zero-order chi connectivity index (χ0) is 28.3. The quantitative estimate of drug-likeness (QED) is 0.214. The van der Waals surface area contributed by atoms with Crippen LogP contribution in [0, 0.1) is 6.92 Å². The second kappa shape index (κ2) is 11.6. The number of aryl methyl sites for hydroxylation is 1. The SMILES string of the molecule is COc1ccc(CCN2C(=O)C(=O)/C(=C(/O)c3cc(C(C)C)c(OC)cc3C)C2c2cccc(OC)c2)cc1. The molecule has 7 heteroatoms. The molecule has 1 saturated heterocycles. The molecule has 0 radical (unpaired) electrons. The Morgan fingerprint density at radius 2 is 1.62 bits per heavy atom. The first-order valence-electron chi connectivity index (χ1n) is 12.9. The molecule has 1 aliphatic heterocycles. The van der Waals surface area contributed by atoms with Crippen LogP contribution in [-0.2, 0) is 16.0 Å². The molecule has 1 unspecified atom stereocenters. The molecule has 1 aliphatic rings.